The van der Waals surface area contributed by atoms with Crippen molar-refractivity contribution in [3.8, 4) is 0 Å². The molecule has 0 amide bonds. The van der Waals surface area contributed by atoms with Crippen molar-refractivity contribution in [3.63, 3.8) is 0 Å². The summed E-state index contributed by atoms with van der Waals surface area (Å²) in [7, 11) is 0. The van der Waals surface area contributed by atoms with Crippen LogP contribution in [0.4, 0.5) is 0 Å². The minimum absolute atomic E-state index is 0.894. The van der Waals surface area contributed by atoms with Gasteiger partial charge in [-0.2, -0.15) is 0 Å². The Morgan fingerprint density at radius 3 is 2.54 bits per heavy atom. The van der Waals surface area contributed by atoms with Crippen LogP contribution in [0.2, 0.25) is 0 Å². The van der Waals surface area contributed by atoms with Crippen LogP contribution in [0.5, 0.6) is 0 Å². The van der Waals surface area contributed by atoms with Crippen LogP contribution < -0.4 is 0 Å². The molecule has 2 atom stereocenters. The van der Waals surface area contributed by atoms with E-state index in [1.54, 1.807) is 11.1 Å². The van der Waals surface area contributed by atoms with E-state index >= 15 is 0 Å². The van der Waals surface area contributed by atoms with Gasteiger partial charge in [-0.15, -0.1) is 0 Å². The molecule has 72 valence electrons. The van der Waals surface area contributed by atoms with Crippen LogP contribution in [0.25, 0.3) is 0 Å². The van der Waals surface area contributed by atoms with Crippen molar-refractivity contribution in [3.05, 3.63) is 23.3 Å². The molecular weight excluding hydrogens is 156 g/mol. The highest BCUT2D eigenvalue weighted by molar-refractivity contribution is 5.23. The van der Waals surface area contributed by atoms with Crippen LogP contribution in [-0.2, 0) is 0 Å². The molecule has 0 heterocycles. The van der Waals surface area contributed by atoms with E-state index in [4.69, 9.17) is 0 Å². The highest BCUT2D eigenvalue weighted by Gasteiger charge is 2.28. The van der Waals surface area contributed by atoms with Gasteiger partial charge in [0.2, 0.25) is 0 Å². The fourth-order valence-corrected chi connectivity index (χ4v) is 2.91. The van der Waals surface area contributed by atoms with E-state index in [1.807, 2.05) is 0 Å². The SMILES string of the molecule is CCC1=C(CC)CC2CC=CC2C1. The second kappa shape index (κ2) is 3.69. The van der Waals surface area contributed by atoms with Crippen molar-refractivity contribution in [1.82, 2.24) is 0 Å². The summed E-state index contributed by atoms with van der Waals surface area (Å²) in [5, 5.41) is 0. The Morgan fingerprint density at radius 1 is 1.15 bits per heavy atom. The van der Waals surface area contributed by atoms with Crippen LogP contribution in [-0.4, -0.2) is 0 Å². The number of allylic oxidation sites excluding steroid dienone is 4. The minimum Gasteiger partial charge on any atom is -0.0879 e. The lowest BCUT2D eigenvalue weighted by atomic mass is 9.76. The van der Waals surface area contributed by atoms with Crippen molar-refractivity contribution in [1.29, 1.82) is 0 Å². The Labute approximate surface area is 81.7 Å². The molecule has 0 nitrogen and oxygen atoms in total. The Balaban J connectivity index is 2.16. The van der Waals surface area contributed by atoms with Gasteiger partial charge in [-0.05, 0) is 43.9 Å². The highest BCUT2D eigenvalue weighted by atomic mass is 14.3. The second-order valence-electron chi connectivity index (χ2n) is 4.41. The molecule has 0 bridgehead atoms. The normalized spacial score (nSPS) is 32.5. The number of hydrogen-bond acceptors (Lipinski definition) is 0. The summed E-state index contributed by atoms with van der Waals surface area (Å²) in [6.07, 6.45) is 11.5. The lowest BCUT2D eigenvalue weighted by molar-refractivity contribution is 0.384. The number of rotatable bonds is 2. The summed E-state index contributed by atoms with van der Waals surface area (Å²) < 4.78 is 0. The van der Waals surface area contributed by atoms with E-state index in [9.17, 15) is 0 Å². The zero-order valence-corrected chi connectivity index (χ0v) is 8.84. The smallest absolute Gasteiger partial charge is 0.0162 e. The van der Waals surface area contributed by atoms with Gasteiger partial charge < -0.3 is 0 Å². The molecule has 0 fully saturated rings. The summed E-state index contributed by atoms with van der Waals surface area (Å²) in [6.45, 7) is 4.62. The van der Waals surface area contributed by atoms with Gasteiger partial charge in [-0.3, -0.25) is 0 Å². The zero-order chi connectivity index (χ0) is 9.26. The van der Waals surface area contributed by atoms with Gasteiger partial charge in [0.15, 0.2) is 0 Å². The van der Waals surface area contributed by atoms with E-state index in [2.05, 4.69) is 26.0 Å². The monoisotopic (exact) mass is 176 g/mol. The first-order valence-corrected chi connectivity index (χ1v) is 5.71. The van der Waals surface area contributed by atoms with Crippen LogP contribution in [0, 0.1) is 11.8 Å². The number of fused-ring (bicyclic) bond motifs is 1. The maximum Gasteiger partial charge on any atom is -0.0162 e. The van der Waals surface area contributed by atoms with Gasteiger partial charge in [0.1, 0.15) is 0 Å². The maximum absolute atomic E-state index is 2.45. The zero-order valence-electron chi connectivity index (χ0n) is 8.84. The van der Waals surface area contributed by atoms with Crippen molar-refractivity contribution < 1.29 is 0 Å². The fourth-order valence-electron chi connectivity index (χ4n) is 2.91. The van der Waals surface area contributed by atoms with Crippen LogP contribution in [0.15, 0.2) is 23.3 Å². The van der Waals surface area contributed by atoms with E-state index in [0.29, 0.717) is 0 Å². The van der Waals surface area contributed by atoms with Crippen LogP contribution in [0.3, 0.4) is 0 Å². The van der Waals surface area contributed by atoms with Crippen molar-refractivity contribution in [2.24, 2.45) is 11.8 Å². The largest absolute Gasteiger partial charge is 0.0879 e. The van der Waals surface area contributed by atoms with Crippen LogP contribution >= 0.6 is 0 Å². The molecule has 0 aromatic rings. The molecule has 13 heavy (non-hydrogen) atoms. The van der Waals surface area contributed by atoms with Crippen molar-refractivity contribution >= 4 is 0 Å². The average molecular weight is 176 g/mol. The van der Waals surface area contributed by atoms with Gasteiger partial charge in [-0.1, -0.05) is 37.1 Å². The maximum atomic E-state index is 2.45. The first kappa shape index (κ1) is 9.05. The minimum atomic E-state index is 0.894. The van der Waals surface area contributed by atoms with Crippen molar-refractivity contribution in [2.45, 2.75) is 46.0 Å². The Morgan fingerprint density at radius 2 is 1.85 bits per heavy atom. The molecule has 0 saturated heterocycles. The Hall–Kier alpha value is -0.520. The molecule has 0 aromatic heterocycles. The predicted octanol–water partition coefficient (Wildman–Crippen LogP) is 4.09. The van der Waals surface area contributed by atoms with E-state index < -0.39 is 0 Å². The second-order valence-corrected chi connectivity index (χ2v) is 4.41. The third-order valence-electron chi connectivity index (χ3n) is 3.77. The summed E-state index contributed by atoms with van der Waals surface area (Å²) in [6, 6.07) is 0. The molecular formula is C13H20. The lowest BCUT2D eigenvalue weighted by Crippen LogP contribution is -2.16. The molecule has 0 N–H and O–H groups in total. The van der Waals surface area contributed by atoms with E-state index in [1.165, 1.54) is 32.1 Å². The first-order chi connectivity index (χ1) is 6.35. The van der Waals surface area contributed by atoms with Gasteiger partial charge in [0.25, 0.3) is 0 Å². The van der Waals surface area contributed by atoms with Gasteiger partial charge in [-0.25, -0.2) is 0 Å². The fraction of sp³-hybridized carbons (Fsp3) is 0.692. The molecule has 2 unspecified atom stereocenters. The highest BCUT2D eigenvalue weighted by Crippen LogP contribution is 2.42. The predicted molar refractivity (Wildman–Crippen MR) is 57.6 cm³/mol. The van der Waals surface area contributed by atoms with Gasteiger partial charge >= 0.3 is 0 Å². The van der Waals surface area contributed by atoms with E-state index in [-0.39, 0.29) is 0 Å². The third-order valence-corrected chi connectivity index (χ3v) is 3.77. The number of hydrogen-bond donors (Lipinski definition) is 0. The van der Waals surface area contributed by atoms with Gasteiger partial charge in [0, 0.05) is 0 Å². The molecule has 2 aliphatic carbocycles. The standard InChI is InChI=1S/C13H20/c1-3-10-8-12-6-5-7-13(12)9-11(10)4-2/h5-6,12-13H,3-4,7-9H2,1-2H3. The van der Waals surface area contributed by atoms with Crippen LogP contribution in [0.1, 0.15) is 46.0 Å². The summed E-state index contributed by atoms with van der Waals surface area (Å²) in [4.78, 5) is 0. The van der Waals surface area contributed by atoms with Crippen molar-refractivity contribution in [2.75, 3.05) is 0 Å². The quantitative estimate of drug-likeness (QED) is 0.556. The molecule has 0 saturated carbocycles. The summed E-state index contributed by atoms with van der Waals surface area (Å²) >= 11 is 0. The Bertz CT molecular complexity index is 245. The summed E-state index contributed by atoms with van der Waals surface area (Å²) in [5.74, 6) is 1.86. The first-order valence-electron chi connectivity index (χ1n) is 5.71. The summed E-state index contributed by atoms with van der Waals surface area (Å²) in [5.41, 5.74) is 3.53. The molecule has 2 rings (SSSR count). The van der Waals surface area contributed by atoms with Gasteiger partial charge in [0.05, 0.1) is 0 Å². The lowest BCUT2D eigenvalue weighted by Gasteiger charge is -2.29. The third kappa shape index (κ3) is 1.59. The average Bonchev–Trinajstić information content (AvgIpc) is 2.62. The molecule has 0 spiro atoms. The molecule has 0 aromatic carbocycles. The molecule has 2 aliphatic rings. The molecule has 0 heteroatoms. The Kier molecular flexibility index (Phi) is 2.57. The van der Waals surface area contributed by atoms with E-state index in [0.717, 1.165) is 11.8 Å². The molecule has 0 radical (unpaired) electrons. The topological polar surface area (TPSA) is 0 Å². The molecule has 0 aliphatic heterocycles.